The number of nitrogens with zero attached hydrogens (tertiary/aromatic N) is 1. The molecule has 1 rings (SSSR count). The van der Waals surface area contributed by atoms with E-state index in [0.717, 1.165) is 12.8 Å². The van der Waals surface area contributed by atoms with Crippen molar-refractivity contribution < 1.29 is 24.0 Å². The van der Waals surface area contributed by atoms with Crippen LogP contribution in [-0.2, 0) is 9.53 Å². The van der Waals surface area contributed by atoms with Gasteiger partial charge in [0.1, 0.15) is 11.3 Å². The average molecular weight is 309 g/mol. The van der Waals surface area contributed by atoms with Crippen LogP contribution < -0.4 is 4.74 Å². The van der Waals surface area contributed by atoms with Crippen molar-refractivity contribution in [2.75, 3.05) is 13.2 Å². The lowest BCUT2D eigenvalue weighted by Crippen LogP contribution is -2.11. The van der Waals surface area contributed by atoms with E-state index in [9.17, 15) is 19.7 Å². The number of benzene rings is 1. The monoisotopic (exact) mass is 309 g/mol. The van der Waals surface area contributed by atoms with E-state index < -0.39 is 11.9 Å². The van der Waals surface area contributed by atoms with Crippen molar-refractivity contribution in [1.29, 1.82) is 0 Å². The number of ether oxygens (including phenoxy) is 2. The Bertz CT molecular complexity index is 529. The SMILES string of the molecule is CC(=O)Oc1ccccc1C(=O)OCCCCCC[N+](=O)[O-]. The van der Waals surface area contributed by atoms with Crippen molar-refractivity contribution in [3.8, 4) is 5.75 Å². The van der Waals surface area contributed by atoms with Crippen LogP contribution in [0.15, 0.2) is 24.3 Å². The molecule has 7 nitrogen and oxygen atoms in total. The van der Waals surface area contributed by atoms with Crippen LogP contribution in [0.2, 0.25) is 0 Å². The first-order valence-corrected chi connectivity index (χ1v) is 7.07. The Balaban J connectivity index is 2.34. The molecular formula is C15H19NO6. The van der Waals surface area contributed by atoms with Crippen LogP contribution in [0.5, 0.6) is 5.75 Å². The molecule has 0 aliphatic rings. The molecule has 0 aliphatic heterocycles. The molecule has 0 spiro atoms. The maximum absolute atomic E-state index is 11.9. The first-order valence-electron chi connectivity index (χ1n) is 7.07. The van der Waals surface area contributed by atoms with Crippen LogP contribution in [0, 0.1) is 10.1 Å². The highest BCUT2D eigenvalue weighted by molar-refractivity contribution is 5.93. The van der Waals surface area contributed by atoms with Crippen LogP contribution >= 0.6 is 0 Å². The lowest BCUT2D eigenvalue weighted by Gasteiger charge is -2.08. The summed E-state index contributed by atoms with van der Waals surface area (Å²) in [6.45, 7) is 1.45. The first-order chi connectivity index (χ1) is 10.5. The van der Waals surface area contributed by atoms with E-state index in [2.05, 4.69) is 0 Å². The summed E-state index contributed by atoms with van der Waals surface area (Å²) in [5, 5.41) is 10.1. The van der Waals surface area contributed by atoms with Crippen LogP contribution in [0.1, 0.15) is 43.0 Å². The predicted molar refractivity (Wildman–Crippen MR) is 78.4 cm³/mol. The molecule has 0 fully saturated rings. The second kappa shape index (κ2) is 9.49. The number of carbonyl (C=O) groups excluding carboxylic acids is 2. The molecular weight excluding hydrogens is 290 g/mol. The highest BCUT2D eigenvalue weighted by Gasteiger charge is 2.14. The van der Waals surface area contributed by atoms with Crippen molar-refractivity contribution in [1.82, 2.24) is 0 Å². The number of hydrogen-bond donors (Lipinski definition) is 0. The molecule has 22 heavy (non-hydrogen) atoms. The highest BCUT2D eigenvalue weighted by Crippen LogP contribution is 2.19. The fraction of sp³-hybridized carbons (Fsp3) is 0.467. The quantitative estimate of drug-likeness (QED) is 0.229. The number of carbonyl (C=O) groups is 2. The van der Waals surface area contributed by atoms with Gasteiger partial charge in [0.2, 0.25) is 6.54 Å². The largest absolute Gasteiger partial charge is 0.462 e. The van der Waals surface area contributed by atoms with Crippen LogP contribution in [0.25, 0.3) is 0 Å². The molecule has 120 valence electrons. The summed E-state index contributed by atoms with van der Waals surface area (Å²) >= 11 is 0. The van der Waals surface area contributed by atoms with Crippen LogP contribution in [-0.4, -0.2) is 30.0 Å². The van der Waals surface area contributed by atoms with Gasteiger partial charge in [-0.15, -0.1) is 0 Å². The van der Waals surface area contributed by atoms with Gasteiger partial charge in [-0.1, -0.05) is 12.1 Å². The van der Waals surface area contributed by atoms with Crippen LogP contribution in [0.4, 0.5) is 0 Å². The number of para-hydroxylation sites is 1. The maximum atomic E-state index is 11.9. The minimum atomic E-state index is -0.554. The molecule has 0 bridgehead atoms. The molecule has 0 radical (unpaired) electrons. The molecule has 0 amide bonds. The van der Waals surface area contributed by atoms with E-state index in [4.69, 9.17) is 9.47 Å². The summed E-state index contributed by atoms with van der Waals surface area (Å²) in [7, 11) is 0. The zero-order chi connectivity index (χ0) is 16.4. The molecule has 0 heterocycles. The lowest BCUT2D eigenvalue weighted by molar-refractivity contribution is -0.480. The van der Waals surface area contributed by atoms with Gasteiger partial charge in [-0.3, -0.25) is 14.9 Å². The van der Waals surface area contributed by atoms with E-state index in [1.54, 1.807) is 12.1 Å². The zero-order valence-corrected chi connectivity index (χ0v) is 12.4. The van der Waals surface area contributed by atoms with Crippen LogP contribution in [0.3, 0.4) is 0 Å². The maximum Gasteiger partial charge on any atom is 0.341 e. The standard InChI is InChI=1S/C15H19NO6/c1-12(17)22-14-9-5-4-8-13(14)15(18)21-11-7-3-2-6-10-16(19)20/h4-5,8-9H,2-3,6-7,10-11H2,1H3. The molecule has 0 unspecified atom stereocenters. The third kappa shape index (κ3) is 6.83. The van der Waals surface area contributed by atoms with Gasteiger partial charge in [0.05, 0.1) is 6.61 Å². The Morgan fingerprint density at radius 3 is 2.50 bits per heavy atom. The smallest absolute Gasteiger partial charge is 0.341 e. The first kappa shape index (κ1) is 17.6. The van der Waals surface area contributed by atoms with Gasteiger partial charge in [-0.25, -0.2) is 4.79 Å². The Hall–Kier alpha value is -2.44. The molecule has 0 N–H and O–H groups in total. The molecule has 0 aliphatic carbocycles. The molecule has 0 atom stereocenters. The number of rotatable bonds is 9. The number of nitro groups is 1. The van der Waals surface area contributed by atoms with E-state index in [1.165, 1.54) is 19.1 Å². The summed E-state index contributed by atoms with van der Waals surface area (Å²) < 4.78 is 10.1. The summed E-state index contributed by atoms with van der Waals surface area (Å²) in [6.07, 6.45) is 2.64. The summed E-state index contributed by atoms with van der Waals surface area (Å²) in [4.78, 5) is 32.7. The van der Waals surface area contributed by atoms with Gasteiger partial charge in [0.15, 0.2) is 0 Å². The second-order valence-corrected chi connectivity index (χ2v) is 4.70. The van der Waals surface area contributed by atoms with Gasteiger partial charge < -0.3 is 9.47 Å². The zero-order valence-electron chi connectivity index (χ0n) is 12.4. The molecule has 1 aromatic rings. The van der Waals surface area contributed by atoms with E-state index in [-0.39, 0.29) is 29.4 Å². The Kier molecular flexibility index (Phi) is 7.60. The van der Waals surface area contributed by atoms with Crippen molar-refractivity contribution >= 4 is 11.9 Å². The van der Waals surface area contributed by atoms with Crippen molar-refractivity contribution in [2.45, 2.75) is 32.6 Å². The highest BCUT2D eigenvalue weighted by atomic mass is 16.6. The van der Waals surface area contributed by atoms with Gasteiger partial charge in [-0.05, 0) is 31.4 Å². The van der Waals surface area contributed by atoms with E-state index >= 15 is 0 Å². The third-order valence-electron chi connectivity index (χ3n) is 2.83. The lowest BCUT2D eigenvalue weighted by atomic mass is 10.2. The molecule has 0 saturated carbocycles. The minimum Gasteiger partial charge on any atom is -0.462 e. The van der Waals surface area contributed by atoms with Gasteiger partial charge in [-0.2, -0.15) is 0 Å². The normalized spacial score (nSPS) is 10.0. The predicted octanol–water partition coefficient (Wildman–Crippen LogP) is 2.61. The number of hydrogen-bond acceptors (Lipinski definition) is 6. The second-order valence-electron chi connectivity index (χ2n) is 4.70. The van der Waals surface area contributed by atoms with E-state index in [0.29, 0.717) is 12.8 Å². The Morgan fingerprint density at radius 1 is 1.14 bits per heavy atom. The van der Waals surface area contributed by atoms with E-state index in [1.807, 2.05) is 0 Å². The molecule has 1 aromatic carbocycles. The van der Waals surface area contributed by atoms with Gasteiger partial charge in [0.25, 0.3) is 0 Å². The summed E-state index contributed by atoms with van der Waals surface area (Å²) in [6, 6.07) is 6.36. The third-order valence-corrected chi connectivity index (χ3v) is 2.83. The molecule has 7 heteroatoms. The van der Waals surface area contributed by atoms with Gasteiger partial charge >= 0.3 is 11.9 Å². The fourth-order valence-electron chi connectivity index (χ4n) is 1.82. The summed E-state index contributed by atoms with van der Waals surface area (Å²) in [5.74, 6) is -0.890. The Labute approximate surface area is 128 Å². The fourth-order valence-corrected chi connectivity index (χ4v) is 1.82. The molecule has 0 saturated heterocycles. The van der Waals surface area contributed by atoms with Crippen molar-refractivity contribution in [2.24, 2.45) is 0 Å². The van der Waals surface area contributed by atoms with Gasteiger partial charge in [0, 0.05) is 18.3 Å². The average Bonchev–Trinajstić information content (AvgIpc) is 2.45. The number of unbranched alkanes of at least 4 members (excludes halogenated alkanes) is 3. The summed E-state index contributed by atoms with van der Waals surface area (Å²) in [5.41, 5.74) is 0.200. The van der Waals surface area contributed by atoms with Crippen molar-refractivity contribution in [3.05, 3.63) is 39.9 Å². The molecule has 0 aromatic heterocycles. The van der Waals surface area contributed by atoms with Crippen molar-refractivity contribution in [3.63, 3.8) is 0 Å². The topological polar surface area (TPSA) is 95.7 Å². The number of esters is 2. The minimum absolute atomic E-state index is 0.0322. The Morgan fingerprint density at radius 2 is 1.82 bits per heavy atom.